The molecule has 1 fully saturated rings. The highest BCUT2D eigenvalue weighted by Gasteiger charge is 2.08. The average molecular weight is 192 g/mol. The van der Waals surface area contributed by atoms with Gasteiger partial charge in [0.2, 0.25) is 0 Å². The van der Waals surface area contributed by atoms with Gasteiger partial charge in [0, 0.05) is 5.88 Å². The van der Waals surface area contributed by atoms with Crippen LogP contribution in [-0.4, -0.2) is 30.4 Å². The maximum atomic E-state index is 5.38. The highest BCUT2D eigenvalue weighted by atomic mass is 35.5. The Morgan fingerprint density at radius 3 is 1.92 bits per heavy atom. The van der Waals surface area contributed by atoms with Gasteiger partial charge in [-0.15, -0.1) is 11.6 Å². The molecule has 1 heterocycles. The van der Waals surface area contributed by atoms with Crippen LogP contribution in [0.2, 0.25) is 0 Å². The van der Waals surface area contributed by atoms with E-state index in [4.69, 9.17) is 11.6 Å². The van der Waals surface area contributed by atoms with E-state index in [-0.39, 0.29) is 0 Å². The molecule has 0 atom stereocenters. The zero-order valence-electron chi connectivity index (χ0n) is 8.48. The van der Waals surface area contributed by atoms with Crippen molar-refractivity contribution in [3.8, 4) is 0 Å². The number of unbranched alkanes of at least 4 members (excludes halogenated alkanes) is 2. The number of alkyl halides is 1. The summed E-state index contributed by atoms with van der Waals surface area (Å²) in [5, 5.41) is 0. The van der Waals surface area contributed by atoms with Crippen LogP contribution < -0.4 is 0 Å². The van der Waals surface area contributed by atoms with Crippen molar-refractivity contribution in [3.63, 3.8) is 0 Å². The molecule has 12 heavy (non-hydrogen) atoms. The molecule has 0 N–H and O–H groups in total. The highest BCUT2D eigenvalue weighted by molar-refractivity contribution is 6.17. The lowest BCUT2D eigenvalue weighted by atomic mass is 10.2. The van der Waals surface area contributed by atoms with Crippen LogP contribution in [-0.2, 0) is 0 Å². The third-order valence-electron chi connectivity index (χ3n) is 2.13. The van der Waals surface area contributed by atoms with Crippen molar-refractivity contribution >= 4 is 11.6 Å². The summed E-state index contributed by atoms with van der Waals surface area (Å²) in [6.07, 6.45) is 5.15. The van der Waals surface area contributed by atoms with Crippen molar-refractivity contribution in [2.45, 2.75) is 39.5 Å². The number of halogens is 1. The lowest BCUT2D eigenvalue weighted by Crippen LogP contribution is -2.36. The summed E-state index contributed by atoms with van der Waals surface area (Å²) in [6, 6.07) is 0. The minimum atomic E-state index is 0.827. The highest BCUT2D eigenvalue weighted by Crippen LogP contribution is 2.02. The van der Waals surface area contributed by atoms with E-state index in [1.807, 2.05) is 0 Å². The number of nitrogens with zero attached hydrogens (tertiary/aromatic N) is 1. The van der Waals surface area contributed by atoms with E-state index >= 15 is 0 Å². The molecule has 74 valence electrons. The Morgan fingerprint density at radius 1 is 1.17 bits per heavy atom. The van der Waals surface area contributed by atoms with Gasteiger partial charge in [0.1, 0.15) is 0 Å². The van der Waals surface area contributed by atoms with E-state index in [9.17, 15) is 0 Å². The van der Waals surface area contributed by atoms with Gasteiger partial charge in [-0.1, -0.05) is 26.7 Å². The van der Waals surface area contributed by atoms with Gasteiger partial charge in [0.05, 0.1) is 0 Å². The Balaban J connectivity index is 0.000000202. The summed E-state index contributed by atoms with van der Waals surface area (Å²) < 4.78 is 0. The molecule has 0 aromatic heterocycles. The molecule has 0 spiro atoms. The molecule has 0 aromatic rings. The molecule has 0 aromatic carbocycles. The van der Waals surface area contributed by atoms with Crippen LogP contribution >= 0.6 is 11.6 Å². The zero-order chi connectivity index (χ0) is 9.23. The minimum Gasteiger partial charge on any atom is -0.304 e. The summed E-state index contributed by atoms with van der Waals surface area (Å²) in [5.74, 6) is 0.827. The molecule has 0 radical (unpaired) electrons. The van der Waals surface area contributed by atoms with Crippen molar-refractivity contribution in [3.05, 3.63) is 0 Å². The molecule has 0 bridgehead atoms. The van der Waals surface area contributed by atoms with Crippen LogP contribution in [0.1, 0.15) is 39.5 Å². The Labute approximate surface area is 82.1 Å². The van der Waals surface area contributed by atoms with Gasteiger partial charge in [0.25, 0.3) is 0 Å². The summed E-state index contributed by atoms with van der Waals surface area (Å²) in [5.41, 5.74) is 0. The smallest absolute Gasteiger partial charge is 0.0223 e. The maximum Gasteiger partial charge on any atom is 0.0223 e. The molecular formula is C10H22ClN. The third kappa shape index (κ3) is 6.93. The molecule has 1 aliphatic rings. The predicted molar refractivity (Wildman–Crippen MR) is 57.0 cm³/mol. The normalized spacial score (nSPS) is 16.2. The van der Waals surface area contributed by atoms with Crippen LogP contribution in [0.3, 0.4) is 0 Å². The molecule has 0 amide bonds. The van der Waals surface area contributed by atoms with Crippen molar-refractivity contribution in [1.82, 2.24) is 4.90 Å². The van der Waals surface area contributed by atoms with Crippen LogP contribution in [0.5, 0.6) is 0 Å². The Morgan fingerprint density at radius 2 is 1.83 bits per heavy atom. The number of hydrogen-bond donors (Lipinski definition) is 0. The monoisotopic (exact) mass is 191 g/mol. The van der Waals surface area contributed by atoms with Gasteiger partial charge in [-0.25, -0.2) is 0 Å². The number of rotatable bonds is 4. The molecule has 2 heteroatoms. The van der Waals surface area contributed by atoms with Crippen LogP contribution in [0.4, 0.5) is 0 Å². The van der Waals surface area contributed by atoms with E-state index in [2.05, 4.69) is 18.7 Å². The van der Waals surface area contributed by atoms with Gasteiger partial charge in [-0.3, -0.25) is 0 Å². The molecule has 0 unspecified atom stereocenters. The second kappa shape index (κ2) is 9.34. The summed E-state index contributed by atoms with van der Waals surface area (Å²) in [6.45, 7) is 8.32. The molecule has 1 aliphatic heterocycles. The van der Waals surface area contributed by atoms with Crippen molar-refractivity contribution in [1.29, 1.82) is 0 Å². The van der Waals surface area contributed by atoms with Gasteiger partial charge in [-0.2, -0.15) is 0 Å². The van der Waals surface area contributed by atoms with E-state index in [0.29, 0.717) is 0 Å². The number of hydrogen-bond acceptors (Lipinski definition) is 1. The van der Waals surface area contributed by atoms with Gasteiger partial charge in [-0.05, 0) is 32.5 Å². The summed E-state index contributed by atoms with van der Waals surface area (Å²) >= 11 is 5.38. The van der Waals surface area contributed by atoms with E-state index in [1.54, 1.807) is 0 Å². The first-order valence-corrected chi connectivity index (χ1v) is 5.66. The molecule has 1 saturated heterocycles. The van der Waals surface area contributed by atoms with Crippen molar-refractivity contribution in [2.24, 2.45) is 0 Å². The molecular weight excluding hydrogens is 170 g/mol. The van der Waals surface area contributed by atoms with Gasteiger partial charge in [0.15, 0.2) is 0 Å². The van der Waals surface area contributed by atoms with E-state index < -0.39 is 0 Å². The fourth-order valence-corrected chi connectivity index (χ4v) is 1.23. The standard InChI is InChI=1S/C5H11Cl.C5H11N/c1-2-3-4-5-6;1-2-6-4-3-5-6/h2*2-5H2,1H3. The Hall–Kier alpha value is 0.250. The fourth-order valence-electron chi connectivity index (χ4n) is 1.04. The second-order valence-corrected chi connectivity index (χ2v) is 3.56. The molecule has 1 nitrogen and oxygen atoms in total. The topological polar surface area (TPSA) is 3.24 Å². The Bertz CT molecular complexity index is 75.2. The number of likely N-dealkylation sites (tertiary alicyclic amines) is 1. The molecule has 1 rings (SSSR count). The maximum absolute atomic E-state index is 5.38. The first-order valence-electron chi connectivity index (χ1n) is 5.13. The second-order valence-electron chi connectivity index (χ2n) is 3.18. The third-order valence-corrected chi connectivity index (χ3v) is 2.40. The lowest BCUT2D eigenvalue weighted by Gasteiger charge is -2.28. The average Bonchev–Trinajstić information content (AvgIpc) is 2.00. The largest absolute Gasteiger partial charge is 0.304 e. The van der Waals surface area contributed by atoms with Crippen LogP contribution in [0.15, 0.2) is 0 Å². The summed E-state index contributed by atoms with van der Waals surface area (Å²) in [4.78, 5) is 2.43. The van der Waals surface area contributed by atoms with E-state index in [1.165, 1.54) is 45.3 Å². The van der Waals surface area contributed by atoms with Gasteiger partial charge < -0.3 is 4.90 Å². The summed E-state index contributed by atoms with van der Waals surface area (Å²) in [7, 11) is 0. The van der Waals surface area contributed by atoms with Gasteiger partial charge >= 0.3 is 0 Å². The van der Waals surface area contributed by atoms with Crippen LogP contribution in [0, 0.1) is 0 Å². The first-order chi connectivity index (χ1) is 5.85. The quantitative estimate of drug-likeness (QED) is 0.488. The van der Waals surface area contributed by atoms with Crippen molar-refractivity contribution in [2.75, 3.05) is 25.5 Å². The SMILES string of the molecule is CCCCCCl.CCN1CCC1. The van der Waals surface area contributed by atoms with Crippen molar-refractivity contribution < 1.29 is 0 Å². The molecule has 0 saturated carbocycles. The minimum absolute atomic E-state index is 0.827. The van der Waals surface area contributed by atoms with Crippen LogP contribution in [0.25, 0.3) is 0 Å². The Kier molecular flexibility index (Phi) is 9.53. The lowest BCUT2D eigenvalue weighted by molar-refractivity contribution is 0.192. The molecule has 0 aliphatic carbocycles. The first kappa shape index (κ1) is 12.2. The van der Waals surface area contributed by atoms with E-state index in [0.717, 1.165) is 5.88 Å². The predicted octanol–water partition coefficient (Wildman–Crippen LogP) is 3.13. The fraction of sp³-hybridized carbons (Fsp3) is 1.00. The zero-order valence-corrected chi connectivity index (χ0v) is 9.24.